The second-order valence-corrected chi connectivity index (χ2v) is 4.94. The van der Waals surface area contributed by atoms with Crippen molar-refractivity contribution in [3.05, 3.63) is 11.8 Å². The van der Waals surface area contributed by atoms with E-state index >= 15 is 0 Å². The Bertz CT molecular complexity index is 162. The molecule has 0 aromatic heterocycles. The highest BCUT2D eigenvalue weighted by Crippen LogP contribution is 2.16. The molecule has 0 fully saturated rings. The minimum Gasteiger partial charge on any atom is -0.397 e. The summed E-state index contributed by atoms with van der Waals surface area (Å²) in [5.74, 6) is 0. The quantitative estimate of drug-likeness (QED) is 0.625. The molecule has 0 amide bonds. The Labute approximate surface area is 77.2 Å². The highest BCUT2D eigenvalue weighted by molar-refractivity contribution is 6.53. The number of halogens is 3. The first-order chi connectivity index (χ1) is 6.02. The van der Waals surface area contributed by atoms with E-state index in [4.69, 9.17) is 8.85 Å². The van der Waals surface area contributed by atoms with Gasteiger partial charge in [0.25, 0.3) is 6.43 Å². The summed E-state index contributed by atoms with van der Waals surface area (Å²) in [4.78, 5) is 0. The van der Waals surface area contributed by atoms with E-state index in [0.717, 1.165) is 0 Å². The topological polar surface area (TPSA) is 18.5 Å². The number of alkyl halides is 3. The smallest absolute Gasteiger partial charge is 0.350 e. The summed E-state index contributed by atoms with van der Waals surface area (Å²) >= 11 is 0. The molecule has 6 heteroatoms. The monoisotopic (exact) mass is 214 g/mol. The van der Waals surface area contributed by atoms with Crippen LogP contribution in [0, 0.1) is 0 Å². The minimum absolute atomic E-state index is 0.304. The largest absolute Gasteiger partial charge is 0.397 e. The first-order valence-electron chi connectivity index (χ1n) is 3.68. The van der Waals surface area contributed by atoms with Crippen molar-refractivity contribution in [1.29, 1.82) is 0 Å². The summed E-state index contributed by atoms with van der Waals surface area (Å²) < 4.78 is 45.8. The summed E-state index contributed by atoms with van der Waals surface area (Å²) in [6.45, 7) is 3.46. The maximum atomic E-state index is 12.5. The SMILES string of the molecule is C=C(CC(F)C(F)F)[SiH](OC)OC. The van der Waals surface area contributed by atoms with Gasteiger partial charge in [0.05, 0.1) is 0 Å². The third-order valence-corrected chi connectivity index (χ3v) is 3.25. The number of hydrogen-bond donors (Lipinski definition) is 0. The molecule has 0 rings (SSSR count). The van der Waals surface area contributed by atoms with E-state index in [1.54, 1.807) is 0 Å². The van der Waals surface area contributed by atoms with Crippen LogP contribution in [0.4, 0.5) is 13.2 Å². The summed E-state index contributed by atoms with van der Waals surface area (Å²) in [7, 11) is 0.629. The lowest BCUT2D eigenvalue weighted by molar-refractivity contribution is 0.0506. The van der Waals surface area contributed by atoms with Crippen LogP contribution in [-0.4, -0.2) is 36.1 Å². The summed E-state index contributed by atoms with van der Waals surface area (Å²) in [5.41, 5.74) is 0. The van der Waals surface area contributed by atoms with Crippen LogP contribution >= 0.6 is 0 Å². The molecule has 2 nitrogen and oxygen atoms in total. The summed E-state index contributed by atoms with van der Waals surface area (Å²) in [5, 5.41) is 0.304. The van der Waals surface area contributed by atoms with Crippen molar-refractivity contribution in [2.75, 3.05) is 14.2 Å². The van der Waals surface area contributed by atoms with Crippen molar-refractivity contribution in [2.24, 2.45) is 0 Å². The van der Waals surface area contributed by atoms with Crippen LogP contribution in [0.3, 0.4) is 0 Å². The summed E-state index contributed by atoms with van der Waals surface area (Å²) in [6.07, 6.45) is -5.54. The van der Waals surface area contributed by atoms with Crippen molar-refractivity contribution in [2.45, 2.75) is 19.0 Å². The number of rotatable bonds is 6. The predicted molar refractivity (Wildman–Crippen MR) is 45.8 cm³/mol. The van der Waals surface area contributed by atoms with Crippen LogP contribution in [0.1, 0.15) is 6.42 Å². The third kappa shape index (κ3) is 4.44. The molecular weight excluding hydrogens is 201 g/mol. The van der Waals surface area contributed by atoms with Gasteiger partial charge in [0.2, 0.25) is 0 Å². The van der Waals surface area contributed by atoms with Gasteiger partial charge in [-0.25, -0.2) is 13.2 Å². The van der Waals surface area contributed by atoms with E-state index in [1.165, 1.54) is 14.2 Å². The lowest BCUT2D eigenvalue weighted by Crippen LogP contribution is -2.25. The zero-order valence-corrected chi connectivity index (χ0v) is 8.75. The Kier molecular flexibility index (Phi) is 6.01. The molecule has 0 aliphatic carbocycles. The molecule has 13 heavy (non-hydrogen) atoms. The van der Waals surface area contributed by atoms with Gasteiger partial charge >= 0.3 is 9.28 Å². The normalized spacial score (nSPS) is 13.8. The molecule has 0 aliphatic heterocycles. The zero-order valence-electron chi connectivity index (χ0n) is 7.60. The summed E-state index contributed by atoms with van der Waals surface area (Å²) in [6, 6.07) is 0. The lowest BCUT2D eigenvalue weighted by atomic mass is 10.3. The van der Waals surface area contributed by atoms with Gasteiger partial charge in [-0.15, -0.1) is 0 Å². The van der Waals surface area contributed by atoms with Crippen molar-refractivity contribution < 1.29 is 22.0 Å². The van der Waals surface area contributed by atoms with Crippen LogP contribution in [0.25, 0.3) is 0 Å². The van der Waals surface area contributed by atoms with Gasteiger partial charge in [-0.2, -0.15) is 0 Å². The fourth-order valence-corrected chi connectivity index (χ4v) is 2.14. The lowest BCUT2D eigenvalue weighted by Gasteiger charge is -2.15. The number of hydrogen-bond acceptors (Lipinski definition) is 2. The first-order valence-corrected chi connectivity index (χ1v) is 5.20. The van der Waals surface area contributed by atoms with Gasteiger partial charge < -0.3 is 8.85 Å². The molecule has 0 aromatic rings. The molecular formula is C7H13F3O2Si. The molecule has 0 N–H and O–H groups in total. The van der Waals surface area contributed by atoms with Crippen LogP contribution in [0.15, 0.2) is 11.8 Å². The number of allylic oxidation sites excluding steroid dienone is 1. The average Bonchev–Trinajstić information content (AvgIpc) is 2.06. The Morgan fingerprint density at radius 3 is 2.08 bits per heavy atom. The van der Waals surface area contributed by atoms with E-state index in [-0.39, 0.29) is 0 Å². The van der Waals surface area contributed by atoms with Crippen molar-refractivity contribution in [3.8, 4) is 0 Å². The molecule has 0 spiro atoms. The highest BCUT2D eigenvalue weighted by Gasteiger charge is 2.24. The van der Waals surface area contributed by atoms with E-state index in [2.05, 4.69) is 6.58 Å². The molecule has 0 saturated heterocycles. The van der Waals surface area contributed by atoms with Crippen LogP contribution in [0.2, 0.25) is 0 Å². The Balaban J connectivity index is 3.98. The third-order valence-electron chi connectivity index (χ3n) is 1.49. The fourth-order valence-electron chi connectivity index (χ4n) is 0.865. The molecule has 0 heterocycles. The van der Waals surface area contributed by atoms with Gasteiger partial charge in [0.1, 0.15) is 0 Å². The van der Waals surface area contributed by atoms with Crippen molar-refractivity contribution in [1.82, 2.24) is 0 Å². The second-order valence-electron chi connectivity index (χ2n) is 2.52. The van der Waals surface area contributed by atoms with E-state index in [1.807, 2.05) is 0 Å². The molecule has 0 bridgehead atoms. The fraction of sp³-hybridized carbons (Fsp3) is 0.714. The minimum atomic E-state index is -2.97. The zero-order chi connectivity index (χ0) is 10.4. The Morgan fingerprint density at radius 2 is 1.77 bits per heavy atom. The van der Waals surface area contributed by atoms with Gasteiger partial charge in [0.15, 0.2) is 6.17 Å². The van der Waals surface area contributed by atoms with Gasteiger partial charge in [-0.3, -0.25) is 0 Å². The van der Waals surface area contributed by atoms with Gasteiger partial charge in [0, 0.05) is 20.6 Å². The van der Waals surface area contributed by atoms with E-state index < -0.39 is 28.3 Å². The predicted octanol–water partition coefficient (Wildman–Crippen LogP) is 1.59. The molecule has 0 saturated carbocycles. The standard InChI is InChI=1S/C7H13F3O2Si/c1-5(13(11-2)12-3)4-6(8)7(9)10/h6-7,13H,1,4H2,2-3H3. The molecule has 0 aliphatic rings. The van der Waals surface area contributed by atoms with Crippen molar-refractivity contribution in [3.63, 3.8) is 0 Å². The van der Waals surface area contributed by atoms with Crippen LogP contribution in [-0.2, 0) is 8.85 Å². The molecule has 1 unspecified atom stereocenters. The maximum Gasteiger partial charge on any atom is 0.350 e. The second kappa shape index (κ2) is 6.17. The first kappa shape index (κ1) is 12.7. The Hall–Kier alpha value is -0.333. The highest BCUT2D eigenvalue weighted by atomic mass is 28.3. The maximum absolute atomic E-state index is 12.5. The van der Waals surface area contributed by atoms with Gasteiger partial charge in [-0.05, 0) is 5.20 Å². The van der Waals surface area contributed by atoms with Crippen LogP contribution in [0.5, 0.6) is 0 Å². The van der Waals surface area contributed by atoms with Crippen molar-refractivity contribution >= 4 is 9.28 Å². The molecule has 0 radical (unpaired) electrons. The molecule has 1 atom stereocenters. The average molecular weight is 214 g/mol. The Morgan fingerprint density at radius 1 is 1.31 bits per heavy atom. The van der Waals surface area contributed by atoms with Crippen LogP contribution < -0.4 is 0 Å². The van der Waals surface area contributed by atoms with E-state index in [9.17, 15) is 13.2 Å². The molecule has 0 aromatic carbocycles. The van der Waals surface area contributed by atoms with Gasteiger partial charge in [-0.1, -0.05) is 6.58 Å². The molecule has 78 valence electrons. The van der Waals surface area contributed by atoms with E-state index in [0.29, 0.717) is 5.20 Å².